The molecule has 3 rings (SSSR count). The lowest BCUT2D eigenvalue weighted by molar-refractivity contribution is 0.0947. The molecule has 27 heavy (non-hydrogen) atoms. The van der Waals surface area contributed by atoms with Crippen LogP contribution in [0, 0.1) is 6.92 Å². The zero-order valence-corrected chi connectivity index (χ0v) is 16.3. The fourth-order valence-electron chi connectivity index (χ4n) is 3.08. The van der Waals surface area contributed by atoms with Crippen LogP contribution in [0.15, 0.2) is 42.9 Å². The van der Waals surface area contributed by atoms with Gasteiger partial charge < -0.3 is 14.6 Å². The highest BCUT2D eigenvalue weighted by Gasteiger charge is 2.14. The van der Waals surface area contributed by atoms with Crippen LogP contribution in [0.2, 0.25) is 0 Å². The van der Waals surface area contributed by atoms with Crippen LogP contribution in [0.4, 0.5) is 0 Å². The number of amides is 1. The monoisotopic (exact) mass is 365 g/mol. The summed E-state index contributed by atoms with van der Waals surface area (Å²) >= 11 is 0. The summed E-state index contributed by atoms with van der Waals surface area (Å²) in [5, 5.41) is 2.97. The Morgan fingerprint density at radius 1 is 1.19 bits per heavy atom. The first-order chi connectivity index (χ1) is 13.1. The third-order valence-corrected chi connectivity index (χ3v) is 4.76. The van der Waals surface area contributed by atoms with Crippen LogP contribution in [0.3, 0.4) is 0 Å². The minimum absolute atomic E-state index is 0.145. The van der Waals surface area contributed by atoms with Crippen LogP contribution in [0.1, 0.15) is 36.3 Å². The SMILES string of the molecule is CCN(CC)CCCNC(=O)c1cn2ccnc(-c3ccc(C)cc3)c2n1. The number of fused-ring (bicyclic) bond motifs is 1. The van der Waals surface area contributed by atoms with E-state index in [0.29, 0.717) is 17.9 Å². The molecule has 0 unspecified atom stereocenters. The lowest BCUT2D eigenvalue weighted by atomic mass is 10.1. The summed E-state index contributed by atoms with van der Waals surface area (Å²) in [6.07, 6.45) is 6.23. The summed E-state index contributed by atoms with van der Waals surface area (Å²) in [5.41, 5.74) is 4.06. The second-order valence-corrected chi connectivity index (χ2v) is 6.64. The fourth-order valence-corrected chi connectivity index (χ4v) is 3.08. The number of nitrogens with zero attached hydrogens (tertiary/aromatic N) is 4. The van der Waals surface area contributed by atoms with E-state index in [1.807, 2.05) is 34.9 Å². The average Bonchev–Trinajstić information content (AvgIpc) is 3.13. The Kier molecular flexibility index (Phi) is 6.19. The molecule has 1 aromatic carbocycles. The molecule has 0 bridgehead atoms. The molecule has 0 fully saturated rings. The van der Waals surface area contributed by atoms with Gasteiger partial charge in [-0.1, -0.05) is 43.7 Å². The molecule has 1 N–H and O–H groups in total. The van der Waals surface area contributed by atoms with Gasteiger partial charge in [0.05, 0.1) is 0 Å². The smallest absolute Gasteiger partial charge is 0.271 e. The standard InChI is InChI=1S/C21H27N5O/c1-4-25(5-2)13-6-11-23-21(27)18-15-26-14-12-22-19(20(26)24-18)17-9-7-16(3)8-10-17/h7-10,12,14-15H,4-6,11,13H2,1-3H3,(H,23,27). The number of rotatable bonds is 8. The summed E-state index contributed by atoms with van der Waals surface area (Å²) < 4.78 is 1.85. The van der Waals surface area contributed by atoms with Gasteiger partial charge in [-0.25, -0.2) is 4.98 Å². The molecule has 6 nitrogen and oxygen atoms in total. The van der Waals surface area contributed by atoms with E-state index in [9.17, 15) is 4.79 Å². The number of benzene rings is 1. The van der Waals surface area contributed by atoms with Crippen LogP contribution < -0.4 is 5.32 Å². The molecular formula is C21H27N5O. The quantitative estimate of drug-likeness (QED) is 0.623. The second kappa shape index (κ2) is 8.77. The summed E-state index contributed by atoms with van der Waals surface area (Å²) in [6.45, 7) is 10.1. The van der Waals surface area contributed by atoms with Gasteiger partial charge in [-0.2, -0.15) is 0 Å². The van der Waals surface area contributed by atoms with Crippen molar-refractivity contribution in [3.05, 3.63) is 54.1 Å². The van der Waals surface area contributed by atoms with Gasteiger partial charge >= 0.3 is 0 Å². The van der Waals surface area contributed by atoms with Crippen LogP contribution in [-0.2, 0) is 0 Å². The van der Waals surface area contributed by atoms with E-state index in [1.165, 1.54) is 5.56 Å². The topological polar surface area (TPSA) is 62.5 Å². The Morgan fingerprint density at radius 2 is 1.93 bits per heavy atom. The first-order valence-corrected chi connectivity index (χ1v) is 9.53. The van der Waals surface area contributed by atoms with Crippen molar-refractivity contribution in [2.45, 2.75) is 27.2 Å². The zero-order chi connectivity index (χ0) is 19.2. The third kappa shape index (κ3) is 4.52. The molecule has 0 atom stereocenters. The molecule has 3 aromatic rings. The minimum Gasteiger partial charge on any atom is -0.351 e. The molecule has 0 aliphatic heterocycles. The van der Waals surface area contributed by atoms with Crippen molar-refractivity contribution in [2.75, 3.05) is 26.2 Å². The number of carbonyl (C=O) groups excluding carboxylic acids is 1. The maximum atomic E-state index is 12.5. The Morgan fingerprint density at radius 3 is 2.63 bits per heavy atom. The number of imidazole rings is 1. The summed E-state index contributed by atoms with van der Waals surface area (Å²) in [4.78, 5) is 23.8. The van der Waals surface area contributed by atoms with Gasteiger partial charge in [0.2, 0.25) is 0 Å². The van der Waals surface area contributed by atoms with Crippen LogP contribution in [-0.4, -0.2) is 51.4 Å². The average molecular weight is 365 g/mol. The molecule has 6 heteroatoms. The largest absolute Gasteiger partial charge is 0.351 e. The van der Waals surface area contributed by atoms with Crippen LogP contribution in [0.5, 0.6) is 0 Å². The number of hydrogen-bond acceptors (Lipinski definition) is 4. The van der Waals surface area contributed by atoms with Gasteiger partial charge in [0.1, 0.15) is 11.4 Å². The molecule has 0 saturated carbocycles. The molecule has 0 spiro atoms. The van der Waals surface area contributed by atoms with E-state index < -0.39 is 0 Å². The highest BCUT2D eigenvalue weighted by atomic mass is 16.1. The Hall–Kier alpha value is -2.73. The van der Waals surface area contributed by atoms with E-state index in [1.54, 1.807) is 12.4 Å². The van der Waals surface area contributed by atoms with E-state index in [2.05, 4.69) is 41.0 Å². The van der Waals surface area contributed by atoms with Gasteiger partial charge in [0.25, 0.3) is 5.91 Å². The lowest BCUT2D eigenvalue weighted by Crippen LogP contribution is -2.30. The third-order valence-electron chi connectivity index (χ3n) is 4.76. The molecule has 0 aliphatic carbocycles. The molecule has 2 aromatic heterocycles. The molecule has 0 radical (unpaired) electrons. The van der Waals surface area contributed by atoms with E-state index in [4.69, 9.17) is 0 Å². The van der Waals surface area contributed by atoms with Crippen molar-refractivity contribution in [3.8, 4) is 11.3 Å². The molecular weight excluding hydrogens is 338 g/mol. The zero-order valence-electron chi connectivity index (χ0n) is 16.3. The number of carbonyl (C=O) groups is 1. The minimum atomic E-state index is -0.145. The van der Waals surface area contributed by atoms with Crippen molar-refractivity contribution in [1.29, 1.82) is 0 Å². The second-order valence-electron chi connectivity index (χ2n) is 6.64. The maximum absolute atomic E-state index is 12.5. The van der Waals surface area contributed by atoms with Gasteiger partial charge in [-0.15, -0.1) is 0 Å². The van der Waals surface area contributed by atoms with Crippen LogP contribution >= 0.6 is 0 Å². The van der Waals surface area contributed by atoms with Gasteiger partial charge in [0.15, 0.2) is 5.65 Å². The Bertz CT molecular complexity index is 897. The van der Waals surface area contributed by atoms with Crippen molar-refractivity contribution in [2.24, 2.45) is 0 Å². The van der Waals surface area contributed by atoms with Crippen molar-refractivity contribution in [1.82, 2.24) is 24.6 Å². The Balaban J connectivity index is 1.72. The summed E-state index contributed by atoms with van der Waals surface area (Å²) in [5.74, 6) is -0.145. The molecule has 0 aliphatic rings. The number of aryl methyl sites for hydroxylation is 1. The van der Waals surface area contributed by atoms with Gasteiger partial charge in [0, 0.05) is 30.7 Å². The molecule has 142 valence electrons. The molecule has 2 heterocycles. The fraction of sp³-hybridized carbons (Fsp3) is 0.381. The molecule has 0 saturated heterocycles. The number of nitrogens with one attached hydrogen (secondary N) is 1. The lowest BCUT2D eigenvalue weighted by Gasteiger charge is -2.17. The predicted molar refractivity (Wildman–Crippen MR) is 108 cm³/mol. The first kappa shape index (κ1) is 19.0. The highest BCUT2D eigenvalue weighted by molar-refractivity contribution is 5.93. The highest BCUT2D eigenvalue weighted by Crippen LogP contribution is 2.22. The van der Waals surface area contributed by atoms with Gasteiger partial charge in [-0.05, 0) is 33.0 Å². The van der Waals surface area contributed by atoms with Gasteiger partial charge in [-0.3, -0.25) is 9.78 Å². The molecule has 1 amide bonds. The summed E-state index contributed by atoms with van der Waals surface area (Å²) in [6, 6.07) is 8.15. The van der Waals surface area contributed by atoms with Crippen molar-refractivity contribution >= 4 is 11.6 Å². The first-order valence-electron chi connectivity index (χ1n) is 9.53. The summed E-state index contributed by atoms with van der Waals surface area (Å²) in [7, 11) is 0. The van der Waals surface area contributed by atoms with E-state index >= 15 is 0 Å². The van der Waals surface area contributed by atoms with E-state index in [0.717, 1.165) is 37.3 Å². The normalized spacial score (nSPS) is 11.3. The predicted octanol–water partition coefficient (Wildman–Crippen LogP) is 3.17. The van der Waals surface area contributed by atoms with E-state index in [-0.39, 0.29) is 5.91 Å². The Labute approximate surface area is 160 Å². The van der Waals surface area contributed by atoms with Crippen molar-refractivity contribution < 1.29 is 4.79 Å². The number of aromatic nitrogens is 3. The number of hydrogen-bond donors (Lipinski definition) is 1. The maximum Gasteiger partial charge on any atom is 0.271 e. The van der Waals surface area contributed by atoms with Crippen molar-refractivity contribution in [3.63, 3.8) is 0 Å². The van der Waals surface area contributed by atoms with Crippen LogP contribution in [0.25, 0.3) is 16.9 Å².